The van der Waals surface area contributed by atoms with E-state index < -0.39 is 0 Å². The molecule has 0 fully saturated rings. The lowest BCUT2D eigenvalue weighted by Gasteiger charge is -2.04. The van der Waals surface area contributed by atoms with Crippen molar-refractivity contribution in [3.63, 3.8) is 0 Å². The van der Waals surface area contributed by atoms with Crippen LogP contribution in [-0.4, -0.2) is 0 Å². The number of fused-ring (bicyclic) bond motifs is 1. The van der Waals surface area contributed by atoms with E-state index >= 15 is 0 Å². The van der Waals surface area contributed by atoms with E-state index in [1.807, 2.05) is 55.5 Å². The van der Waals surface area contributed by atoms with E-state index in [-0.39, 0.29) is 0 Å². The van der Waals surface area contributed by atoms with Crippen molar-refractivity contribution in [3.8, 4) is 5.75 Å². The van der Waals surface area contributed by atoms with Gasteiger partial charge >= 0.3 is 0 Å². The molecule has 0 saturated heterocycles. The smallest absolute Gasteiger partial charge is 0.146 e. The van der Waals surface area contributed by atoms with E-state index in [2.05, 4.69) is 0 Å². The summed E-state index contributed by atoms with van der Waals surface area (Å²) in [5, 5.41) is 1.04. The van der Waals surface area contributed by atoms with Gasteiger partial charge in [0.25, 0.3) is 0 Å². The Bertz CT molecular complexity index is 716. The Kier molecular flexibility index (Phi) is 2.88. The zero-order valence-corrected chi connectivity index (χ0v) is 10.7. The Hall–Kier alpha value is -2.42. The Labute approximate surface area is 111 Å². The molecule has 2 aromatic carbocycles. The van der Waals surface area contributed by atoms with Crippen molar-refractivity contribution in [2.45, 2.75) is 13.5 Å². The fourth-order valence-electron chi connectivity index (χ4n) is 2.03. The number of anilines is 1. The van der Waals surface area contributed by atoms with Crippen molar-refractivity contribution in [3.05, 3.63) is 59.9 Å². The fraction of sp³-hybridized carbons (Fsp3) is 0.125. The highest BCUT2D eigenvalue weighted by atomic mass is 16.5. The molecule has 1 heterocycles. The van der Waals surface area contributed by atoms with Gasteiger partial charge in [0, 0.05) is 17.1 Å². The molecular formula is C16H15NO2. The van der Waals surface area contributed by atoms with Gasteiger partial charge in [-0.1, -0.05) is 12.1 Å². The molecule has 96 valence electrons. The van der Waals surface area contributed by atoms with Gasteiger partial charge < -0.3 is 14.9 Å². The van der Waals surface area contributed by atoms with E-state index in [0.717, 1.165) is 22.5 Å². The normalized spacial score (nSPS) is 10.8. The van der Waals surface area contributed by atoms with Crippen molar-refractivity contribution in [1.82, 2.24) is 0 Å². The van der Waals surface area contributed by atoms with Crippen molar-refractivity contribution in [2.24, 2.45) is 0 Å². The molecule has 0 unspecified atom stereocenters. The van der Waals surface area contributed by atoms with Crippen LogP contribution >= 0.6 is 0 Å². The minimum atomic E-state index is 0.415. The highest BCUT2D eigenvalue weighted by Gasteiger charge is 2.05. The molecule has 0 spiro atoms. The number of rotatable bonds is 3. The Morgan fingerprint density at radius 2 is 2.00 bits per heavy atom. The van der Waals surface area contributed by atoms with Gasteiger partial charge in [0.2, 0.25) is 0 Å². The summed E-state index contributed by atoms with van der Waals surface area (Å²) in [4.78, 5) is 0. The fourth-order valence-corrected chi connectivity index (χ4v) is 2.03. The van der Waals surface area contributed by atoms with E-state index in [9.17, 15) is 0 Å². The van der Waals surface area contributed by atoms with E-state index in [1.165, 1.54) is 5.56 Å². The van der Waals surface area contributed by atoms with Crippen molar-refractivity contribution >= 4 is 16.7 Å². The Morgan fingerprint density at radius 1 is 1.11 bits per heavy atom. The maximum atomic E-state index is 5.72. The van der Waals surface area contributed by atoms with Crippen LogP contribution in [0.5, 0.6) is 5.75 Å². The maximum absolute atomic E-state index is 5.72. The second-order valence-electron chi connectivity index (χ2n) is 4.62. The molecular weight excluding hydrogens is 238 g/mol. The molecule has 0 amide bonds. The molecule has 0 radical (unpaired) electrons. The van der Waals surface area contributed by atoms with Gasteiger partial charge in [-0.2, -0.15) is 0 Å². The molecule has 0 atom stereocenters. The average molecular weight is 253 g/mol. The first-order valence-electron chi connectivity index (χ1n) is 6.18. The van der Waals surface area contributed by atoms with Crippen molar-refractivity contribution < 1.29 is 9.15 Å². The number of ether oxygens (including phenoxy) is 1. The van der Waals surface area contributed by atoms with E-state index in [1.54, 1.807) is 0 Å². The summed E-state index contributed by atoms with van der Waals surface area (Å²) in [7, 11) is 0. The molecule has 1 aromatic heterocycles. The first-order chi connectivity index (χ1) is 9.20. The molecule has 0 aliphatic heterocycles. The maximum Gasteiger partial charge on any atom is 0.146 e. The van der Waals surface area contributed by atoms with Crippen LogP contribution < -0.4 is 10.5 Å². The highest BCUT2D eigenvalue weighted by molar-refractivity contribution is 5.81. The summed E-state index contributed by atoms with van der Waals surface area (Å²) in [6.07, 6.45) is 0. The molecule has 0 bridgehead atoms. The molecule has 0 aliphatic rings. The van der Waals surface area contributed by atoms with Crippen molar-refractivity contribution in [2.75, 3.05) is 5.73 Å². The van der Waals surface area contributed by atoms with Crippen LogP contribution in [0.3, 0.4) is 0 Å². The largest absolute Gasteiger partial charge is 0.486 e. The summed E-state index contributed by atoms with van der Waals surface area (Å²) in [6.45, 7) is 2.45. The number of benzene rings is 2. The van der Waals surface area contributed by atoms with Crippen LogP contribution in [0.2, 0.25) is 0 Å². The highest BCUT2D eigenvalue weighted by Crippen LogP contribution is 2.23. The average Bonchev–Trinajstić information content (AvgIpc) is 2.78. The predicted octanol–water partition coefficient (Wildman–Crippen LogP) is 3.90. The number of furan rings is 1. The van der Waals surface area contributed by atoms with Crippen LogP contribution in [0.15, 0.2) is 52.9 Å². The molecule has 3 nitrogen and oxygen atoms in total. The van der Waals surface area contributed by atoms with Gasteiger partial charge in [-0.25, -0.2) is 0 Å². The van der Waals surface area contributed by atoms with Crippen LogP contribution in [0.25, 0.3) is 11.0 Å². The minimum Gasteiger partial charge on any atom is -0.486 e. The van der Waals surface area contributed by atoms with Crippen LogP contribution in [0.4, 0.5) is 5.69 Å². The topological polar surface area (TPSA) is 48.4 Å². The SMILES string of the molecule is Cc1cccc(OCc2cc3ccc(N)cc3o2)c1. The zero-order valence-electron chi connectivity index (χ0n) is 10.7. The van der Waals surface area contributed by atoms with Crippen LogP contribution in [-0.2, 0) is 6.61 Å². The summed E-state index contributed by atoms with van der Waals surface area (Å²) < 4.78 is 11.4. The second-order valence-corrected chi connectivity index (χ2v) is 4.62. The van der Waals surface area contributed by atoms with Gasteiger partial charge in [0.05, 0.1) is 0 Å². The van der Waals surface area contributed by atoms with Crippen molar-refractivity contribution in [1.29, 1.82) is 0 Å². The third-order valence-electron chi connectivity index (χ3n) is 2.97. The second kappa shape index (κ2) is 4.69. The third-order valence-corrected chi connectivity index (χ3v) is 2.97. The molecule has 3 rings (SSSR count). The number of hydrogen-bond acceptors (Lipinski definition) is 3. The van der Waals surface area contributed by atoms with Gasteiger partial charge in [-0.3, -0.25) is 0 Å². The standard InChI is InChI=1S/C16H15NO2/c1-11-3-2-4-14(7-11)18-10-15-8-12-5-6-13(17)9-16(12)19-15/h2-9H,10,17H2,1H3. The number of nitrogen functional groups attached to an aromatic ring is 1. The number of nitrogens with two attached hydrogens (primary N) is 1. The van der Waals surface area contributed by atoms with Gasteiger partial charge in [0.15, 0.2) is 0 Å². The zero-order chi connectivity index (χ0) is 13.2. The molecule has 3 aromatic rings. The Balaban J connectivity index is 1.78. The van der Waals surface area contributed by atoms with E-state index in [4.69, 9.17) is 14.9 Å². The quantitative estimate of drug-likeness (QED) is 0.720. The monoisotopic (exact) mass is 253 g/mol. The first kappa shape index (κ1) is 11.7. The summed E-state index contributed by atoms with van der Waals surface area (Å²) in [6, 6.07) is 15.6. The lowest BCUT2D eigenvalue weighted by Crippen LogP contribution is -1.93. The number of hydrogen-bond donors (Lipinski definition) is 1. The van der Waals surface area contributed by atoms with Gasteiger partial charge in [-0.15, -0.1) is 0 Å². The minimum absolute atomic E-state index is 0.415. The Morgan fingerprint density at radius 3 is 2.84 bits per heavy atom. The van der Waals surface area contributed by atoms with E-state index in [0.29, 0.717) is 12.3 Å². The first-order valence-corrected chi connectivity index (χ1v) is 6.18. The number of aryl methyl sites for hydroxylation is 1. The summed E-state index contributed by atoms with van der Waals surface area (Å²) >= 11 is 0. The van der Waals surface area contributed by atoms with Gasteiger partial charge in [-0.05, 0) is 42.8 Å². The van der Waals surface area contributed by atoms with Crippen LogP contribution in [0.1, 0.15) is 11.3 Å². The molecule has 19 heavy (non-hydrogen) atoms. The van der Waals surface area contributed by atoms with Crippen LogP contribution in [0, 0.1) is 6.92 Å². The predicted molar refractivity (Wildman–Crippen MR) is 76.1 cm³/mol. The molecule has 0 saturated carbocycles. The summed E-state index contributed by atoms with van der Waals surface area (Å²) in [5.41, 5.74) is 8.40. The molecule has 2 N–H and O–H groups in total. The molecule has 0 aliphatic carbocycles. The third kappa shape index (κ3) is 2.55. The lowest BCUT2D eigenvalue weighted by molar-refractivity contribution is 0.274. The lowest BCUT2D eigenvalue weighted by atomic mass is 10.2. The van der Waals surface area contributed by atoms with Gasteiger partial charge in [0.1, 0.15) is 23.7 Å². The summed E-state index contributed by atoms with van der Waals surface area (Å²) in [5.74, 6) is 1.64. The molecule has 3 heteroatoms.